The van der Waals surface area contributed by atoms with E-state index in [0.29, 0.717) is 0 Å². The van der Waals surface area contributed by atoms with Gasteiger partial charge in [0, 0.05) is 23.4 Å². The summed E-state index contributed by atoms with van der Waals surface area (Å²) in [6.45, 7) is 2.09. The van der Waals surface area contributed by atoms with Crippen LogP contribution in [0.2, 0.25) is 0 Å². The number of nitrogens with two attached hydrogens (primary N) is 1. The molecule has 0 aromatic heterocycles. The van der Waals surface area contributed by atoms with Crippen molar-refractivity contribution in [2.24, 2.45) is 0 Å². The minimum Gasteiger partial charge on any atom is -0.412 e. The van der Waals surface area contributed by atoms with Crippen molar-refractivity contribution in [2.45, 2.75) is 6.92 Å². The monoisotopic (exact) mass is 425 g/mol. The third-order valence-electron chi connectivity index (χ3n) is 4.29. The first-order valence-electron chi connectivity index (χ1n) is 8.02. The van der Waals surface area contributed by atoms with Crippen LogP contribution >= 0.6 is 12.4 Å². The van der Waals surface area contributed by atoms with Gasteiger partial charge in [0.25, 0.3) is 0 Å². The van der Waals surface area contributed by atoms with Crippen molar-refractivity contribution in [3.05, 3.63) is 89.0 Å². The molecule has 14 N–H and O–H groups in total. The summed E-state index contributed by atoms with van der Waals surface area (Å²) in [5, 5.41) is 0. The fourth-order valence-corrected chi connectivity index (χ4v) is 2.80. The molecule has 0 atom stereocenters. The van der Waals surface area contributed by atoms with Crippen molar-refractivity contribution in [3.8, 4) is 0 Å². The average molecular weight is 426 g/mol. The largest absolute Gasteiger partial charge is 0.412 e. The molecule has 2 aromatic carbocycles. The first-order valence-corrected chi connectivity index (χ1v) is 8.02. The van der Waals surface area contributed by atoms with E-state index in [9.17, 15) is 0 Å². The molecule has 0 saturated heterocycles. The molecule has 0 amide bonds. The molecule has 0 radical (unpaired) electrons. The highest BCUT2D eigenvalue weighted by Gasteiger charge is 2.13. The van der Waals surface area contributed by atoms with Crippen LogP contribution in [0.15, 0.2) is 72.3 Å². The number of nitrogens with one attached hydrogen (secondary N) is 1. The molecule has 160 valence electrons. The Kier molecular flexibility index (Phi) is 14.3. The Morgan fingerprint density at radius 2 is 1.34 bits per heavy atom. The number of nitrogen functional groups attached to an aromatic ring is 1. The smallest absolute Gasteiger partial charge is 0.198 e. The van der Waals surface area contributed by atoms with Crippen molar-refractivity contribution in [1.29, 1.82) is 0 Å². The Labute approximate surface area is 176 Å². The van der Waals surface area contributed by atoms with Gasteiger partial charge in [-0.1, -0.05) is 12.1 Å². The fraction of sp³-hybridized carbons (Fsp3) is 0.0952. The Balaban J connectivity index is -0.00000135. The summed E-state index contributed by atoms with van der Waals surface area (Å²) < 4.78 is 0. The van der Waals surface area contributed by atoms with Crippen molar-refractivity contribution in [3.63, 3.8) is 0 Å². The van der Waals surface area contributed by atoms with Crippen LogP contribution in [0.4, 0.5) is 11.4 Å². The highest BCUT2D eigenvalue weighted by Crippen LogP contribution is 2.31. The van der Waals surface area contributed by atoms with E-state index >= 15 is 0 Å². The summed E-state index contributed by atoms with van der Waals surface area (Å²) in [6, 6.07) is 14.4. The van der Waals surface area contributed by atoms with Crippen LogP contribution in [0.5, 0.6) is 0 Å². The van der Waals surface area contributed by atoms with E-state index in [1.54, 1.807) is 0 Å². The highest BCUT2D eigenvalue weighted by molar-refractivity contribution is 6.03. The van der Waals surface area contributed by atoms with Crippen LogP contribution in [-0.4, -0.2) is 34.7 Å². The van der Waals surface area contributed by atoms with E-state index in [-0.39, 0.29) is 34.3 Å². The summed E-state index contributed by atoms with van der Waals surface area (Å²) >= 11 is 0. The van der Waals surface area contributed by atoms with Gasteiger partial charge in [-0.3, -0.25) is 0 Å². The van der Waals surface area contributed by atoms with Crippen LogP contribution < -0.4 is 16.5 Å². The summed E-state index contributed by atoms with van der Waals surface area (Å²) in [6.07, 6.45) is 8.47. The lowest BCUT2D eigenvalue weighted by atomic mass is 9.90. The molecule has 1 aliphatic rings. The summed E-state index contributed by atoms with van der Waals surface area (Å²) in [7, 11) is 1.93. The average Bonchev–Trinajstić information content (AvgIpc) is 2.60. The van der Waals surface area contributed by atoms with Gasteiger partial charge < -0.3 is 33.4 Å². The number of allylic oxidation sites excluding steroid dienone is 5. The van der Waals surface area contributed by atoms with E-state index in [0.717, 1.165) is 22.6 Å². The second-order valence-corrected chi connectivity index (χ2v) is 5.97. The van der Waals surface area contributed by atoms with Gasteiger partial charge in [0.2, 0.25) is 0 Å². The van der Waals surface area contributed by atoms with E-state index < -0.39 is 0 Å². The number of benzene rings is 2. The molecule has 0 unspecified atom stereocenters. The van der Waals surface area contributed by atoms with Crippen LogP contribution in [0, 0.1) is 6.92 Å². The van der Waals surface area contributed by atoms with Crippen molar-refractivity contribution in [1.82, 2.24) is 0 Å². The Hall–Kier alpha value is -2.78. The zero-order chi connectivity index (χ0) is 17.1. The molecule has 0 fully saturated rings. The van der Waals surface area contributed by atoms with Gasteiger partial charge in [-0.15, -0.1) is 12.4 Å². The Bertz CT molecular complexity index is 887. The van der Waals surface area contributed by atoms with Crippen LogP contribution in [0.1, 0.15) is 16.7 Å². The zero-order valence-electron chi connectivity index (χ0n) is 16.5. The minimum absolute atomic E-state index is 0. The molecule has 0 spiro atoms. The van der Waals surface area contributed by atoms with Crippen LogP contribution in [0.25, 0.3) is 5.57 Å². The molecule has 8 heteroatoms. The quantitative estimate of drug-likeness (QED) is 0.492. The molecule has 0 heterocycles. The Morgan fingerprint density at radius 3 is 1.83 bits per heavy atom. The standard InChI is InChI=1S/C21H21N3.ClH.4H2O/c1-14-13-17(7-12-20(14)23)21(15-3-8-18(22)9-4-15)16-5-10-19(24-2)11-6-16;;;;;/h3-13H,22-23H2,1-2H3;1H;4*1H2/p+2. The van der Waals surface area contributed by atoms with Crippen LogP contribution in [-0.2, 0) is 0 Å². The normalized spacial score (nSPS) is 11.0. The van der Waals surface area contributed by atoms with E-state index in [4.69, 9.17) is 5.73 Å². The lowest BCUT2D eigenvalue weighted by molar-refractivity contribution is -0.417. The molecule has 7 nitrogen and oxygen atoms in total. The number of rotatable bonds is 2. The molecular formula is C21H32ClN3O4+2. The molecule has 0 saturated carbocycles. The maximum atomic E-state index is 5.86. The van der Waals surface area contributed by atoms with Gasteiger partial charge in [-0.25, -0.2) is 4.99 Å². The summed E-state index contributed by atoms with van der Waals surface area (Å²) in [4.78, 5) is 3.16. The summed E-state index contributed by atoms with van der Waals surface area (Å²) in [5.74, 6) is 0. The van der Waals surface area contributed by atoms with Crippen molar-refractivity contribution < 1.29 is 32.6 Å². The topological polar surface area (TPSA) is 194 Å². The maximum absolute atomic E-state index is 5.86. The van der Waals surface area contributed by atoms with Crippen LogP contribution in [0.3, 0.4) is 0 Å². The zero-order valence-corrected chi connectivity index (χ0v) is 17.4. The highest BCUT2D eigenvalue weighted by atomic mass is 35.5. The molecule has 29 heavy (non-hydrogen) atoms. The maximum Gasteiger partial charge on any atom is 0.198 e. The SMILES string of the molecule is C[NH+]=C1C=CC(=C(c2ccc(N)cc2)c2ccc([NH3+])c(C)c2)C=C1.Cl.O.O.O.O. The number of halogens is 1. The van der Waals surface area contributed by atoms with Gasteiger partial charge >= 0.3 is 0 Å². The second kappa shape index (κ2) is 13.4. The van der Waals surface area contributed by atoms with E-state index in [1.807, 2.05) is 19.2 Å². The van der Waals surface area contributed by atoms with E-state index in [1.165, 1.54) is 22.3 Å². The number of anilines is 1. The molecule has 2 aromatic rings. The molecule has 0 aliphatic heterocycles. The van der Waals surface area contributed by atoms with Gasteiger partial charge in [0.15, 0.2) is 5.71 Å². The molecule has 1 aliphatic carbocycles. The number of hydrogen-bond donors (Lipinski definition) is 3. The first-order chi connectivity index (χ1) is 11.6. The van der Waals surface area contributed by atoms with Gasteiger partial charge in [-0.05, 0) is 71.7 Å². The number of aryl methyl sites for hydroxylation is 1. The fourth-order valence-electron chi connectivity index (χ4n) is 2.80. The third kappa shape index (κ3) is 6.95. The molecule has 3 rings (SSSR count). The summed E-state index contributed by atoms with van der Waals surface area (Å²) in [5.41, 5.74) is 18.7. The number of quaternary nitrogens is 1. The lowest BCUT2D eigenvalue weighted by Gasteiger charge is -2.14. The predicted octanol–water partition coefficient (Wildman–Crippen LogP) is -1.35. The minimum atomic E-state index is 0. The van der Waals surface area contributed by atoms with Gasteiger partial charge in [-0.2, -0.15) is 0 Å². The van der Waals surface area contributed by atoms with Crippen molar-refractivity contribution in [2.75, 3.05) is 12.8 Å². The van der Waals surface area contributed by atoms with Gasteiger partial charge in [0.1, 0.15) is 12.7 Å². The lowest BCUT2D eigenvalue weighted by Crippen LogP contribution is -2.67. The van der Waals surface area contributed by atoms with E-state index in [2.05, 4.69) is 72.3 Å². The third-order valence-corrected chi connectivity index (χ3v) is 4.29. The predicted molar refractivity (Wildman–Crippen MR) is 122 cm³/mol. The number of hydrogen-bond acceptors (Lipinski definition) is 1. The molecular weight excluding hydrogens is 394 g/mol. The second-order valence-electron chi connectivity index (χ2n) is 5.97. The first kappa shape index (κ1) is 30.9. The Morgan fingerprint density at radius 1 is 0.828 bits per heavy atom. The van der Waals surface area contributed by atoms with Crippen molar-refractivity contribution >= 4 is 35.1 Å². The van der Waals surface area contributed by atoms with Gasteiger partial charge in [0.05, 0.1) is 0 Å². The molecule has 0 bridgehead atoms.